The number of aromatic nitrogens is 2. The Balaban J connectivity index is 1.61. The van der Waals surface area contributed by atoms with Crippen LogP contribution in [0.15, 0.2) is 54.2 Å². The third-order valence-electron chi connectivity index (χ3n) is 5.97. The van der Waals surface area contributed by atoms with Gasteiger partial charge in [-0.05, 0) is 47.7 Å². The highest BCUT2D eigenvalue weighted by Crippen LogP contribution is 2.40. The number of methoxy groups -OCH3 is 2. The lowest BCUT2D eigenvalue weighted by atomic mass is 9.88. The summed E-state index contributed by atoms with van der Waals surface area (Å²) in [4.78, 5) is 22.9. The van der Waals surface area contributed by atoms with Gasteiger partial charge in [0.05, 0.1) is 20.3 Å². The molecule has 1 atom stereocenters. The largest absolute Gasteiger partial charge is 0.493 e. The Morgan fingerprint density at radius 2 is 2.03 bits per heavy atom. The van der Waals surface area contributed by atoms with Gasteiger partial charge in [-0.2, -0.15) is 0 Å². The van der Waals surface area contributed by atoms with Crippen LogP contribution in [0.1, 0.15) is 32.5 Å². The molecule has 0 saturated carbocycles. The van der Waals surface area contributed by atoms with Crippen molar-refractivity contribution in [2.45, 2.75) is 18.9 Å². The number of H-pyrrole nitrogens is 1. The number of benzene rings is 2. The van der Waals surface area contributed by atoms with Gasteiger partial charge in [-0.3, -0.25) is 4.79 Å². The third kappa shape index (κ3) is 3.45. The van der Waals surface area contributed by atoms with Crippen molar-refractivity contribution >= 4 is 28.1 Å². The van der Waals surface area contributed by atoms with Crippen molar-refractivity contribution in [2.75, 3.05) is 20.8 Å². The van der Waals surface area contributed by atoms with Crippen LogP contribution in [0.5, 0.6) is 11.5 Å². The van der Waals surface area contributed by atoms with Crippen LogP contribution < -0.4 is 9.47 Å². The van der Waals surface area contributed by atoms with Gasteiger partial charge in [0.2, 0.25) is 0 Å². The maximum Gasteiger partial charge on any atom is 0.283 e. The molecule has 0 aliphatic carbocycles. The summed E-state index contributed by atoms with van der Waals surface area (Å²) in [7, 11) is 3.29. The van der Waals surface area contributed by atoms with E-state index < -0.39 is 0 Å². The first-order chi connectivity index (χ1) is 15.2. The predicted molar refractivity (Wildman–Crippen MR) is 121 cm³/mol. The number of ether oxygens (including phenoxy) is 2. The van der Waals surface area contributed by atoms with E-state index >= 15 is 0 Å². The number of hydrogen-bond donors (Lipinski definition) is 1. The molecular formula is C24H23N3O3S. The Hall–Kier alpha value is -3.32. The number of fused-ring (bicyclic) bond motifs is 2. The second-order valence-electron chi connectivity index (χ2n) is 7.57. The van der Waals surface area contributed by atoms with Gasteiger partial charge in [0.1, 0.15) is 0 Å². The monoisotopic (exact) mass is 433 g/mol. The van der Waals surface area contributed by atoms with E-state index in [0.717, 1.165) is 17.5 Å². The molecule has 6 nitrogen and oxygen atoms in total. The first-order valence-electron chi connectivity index (χ1n) is 10.2. The van der Waals surface area contributed by atoms with Crippen LogP contribution in [0.25, 0.3) is 10.9 Å². The first kappa shape index (κ1) is 19.6. The number of nitrogens with zero attached hydrogens (tertiary/aromatic N) is 2. The summed E-state index contributed by atoms with van der Waals surface area (Å²) in [6, 6.07) is 12.2. The molecule has 0 fully saturated rings. The van der Waals surface area contributed by atoms with Gasteiger partial charge in [0, 0.05) is 35.2 Å². The van der Waals surface area contributed by atoms with Gasteiger partial charge >= 0.3 is 0 Å². The molecule has 3 heterocycles. The molecular weight excluding hydrogens is 410 g/mol. The summed E-state index contributed by atoms with van der Waals surface area (Å²) in [5.41, 5.74) is 4.56. The highest BCUT2D eigenvalue weighted by Gasteiger charge is 2.34. The number of carbonyl (C=O) groups excluding carboxylic acids is 1. The topological polar surface area (TPSA) is 67.5 Å². The molecule has 1 aliphatic rings. The van der Waals surface area contributed by atoms with Crippen LogP contribution in [0.2, 0.25) is 0 Å². The Kier molecular flexibility index (Phi) is 5.11. The van der Waals surface area contributed by atoms with Gasteiger partial charge < -0.3 is 19.4 Å². The first-order valence-corrected chi connectivity index (χ1v) is 11.1. The summed E-state index contributed by atoms with van der Waals surface area (Å²) in [6.45, 7) is 0.633. The second-order valence-corrected chi connectivity index (χ2v) is 8.47. The average Bonchev–Trinajstić information content (AvgIpc) is 3.48. The Morgan fingerprint density at radius 3 is 2.81 bits per heavy atom. The highest BCUT2D eigenvalue weighted by atomic mass is 32.1. The van der Waals surface area contributed by atoms with Crippen LogP contribution in [0, 0.1) is 0 Å². The molecule has 31 heavy (non-hydrogen) atoms. The van der Waals surface area contributed by atoms with Crippen molar-refractivity contribution in [3.05, 3.63) is 75.9 Å². The maximum atomic E-state index is 13.4. The van der Waals surface area contributed by atoms with E-state index in [9.17, 15) is 4.79 Å². The summed E-state index contributed by atoms with van der Waals surface area (Å²) in [5, 5.41) is 3.54. The number of para-hydroxylation sites is 1. The van der Waals surface area contributed by atoms with E-state index in [4.69, 9.17) is 9.47 Å². The van der Waals surface area contributed by atoms with Crippen LogP contribution in [-0.4, -0.2) is 41.5 Å². The summed E-state index contributed by atoms with van der Waals surface area (Å²) < 4.78 is 11.1. The number of aromatic amines is 1. The van der Waals surface area contributed by atoms with Crippen molar-refractivity contribution in [1.82, 2.24) is 14.9 Å². The fourth-order valence-electron chi connectivity index (χ4n) is 4.45. The number of nitrogens with one attached hydrogen (secondary N) is 1. The number of rotatable bonds is 5. The molecule has 0 spiro atoms. The minimum Gasteiger partial charge on any atom is -0.493 e. The molecule has 1 N–H and O–H groups in total. The molecule has 0 radical (unpaired) electrons. The standard InChI is InChI=1S/C24H23N3O3S/c1-29-21-12-15-7-9-27(24(28)23-25-8-10-31-23)20(18(15)13-22(21)30-2)11-16-14-26-19-6-4-3-5-17(16)19/h3-6,8,10,12-14,20,26H,7,9,11H2,1-2H3. The Labute approximate surface area is 184 Å². The predicted octanol–water partition coefficient (Wildman–Crippen LogP) is 4.62. The second kappa shape index (κ2) is 8.07. The lowest BCUT2D eigenvalue weighted by Crippen LogP contribution is -2.41. The van der Waals surface area contributed by atoms with Gasteiger partial charge in [-0.25, -0.2) is 4.98 Å². The van der Waals surface area contributed by atoms with Crippen molar-refractivity contribution in [1.29, 1.82) is 0 Å². The van der Waals surface area contributed by atoms with E-state index in [0.29, 0.717) is 29.5 Å². The third-order valence-corrected chi connectivity index (χ3v) is 6.73. The lowest BCUT2D eigenvalue weighted by molar-refractivity contribution is 0.0659. The smallest absolute Gasteiger partial charge is 0.283 e. The van der Waals surface area contributed by atoms with Crippen LogP contribution in [0.3, 0.4) is 0 Å². The molecule has 2 aromatic carbocycles. The van der Waals surface area contributed by atoms with Crippen molar-refractivity contribution in [3.63, 3.8) is 0 Å². The minimum absolute atomic E-state index is 0.0275. The van der Waals surface area contributed by atoms with E-state index in [-0.39, 0.29) is 11.9 Å². The zero-order valence-corrected chi connectivity index (χ0v) is 18.2. The Bertz CT molecular complexity index is 1230. The molecule has 0 saturated heterocycles. The molecule has 0 bridgehead atoms. The average molecular weight is 434 g/mol. The fourth-order valence-corrected chi connectivity index (χ4v) is 5.04. The molecule has 1 amide bonds. The maximum absolute atomic E-state index is 13.4. The van der Waals surface area contributed by atoms with Crippen LogP contribution in [0.4, 0.5) is 0 Å². The van der Waals surface area contributed by atoms with Crippen LogP contribution in [-0.2, 0) is 12.8 Å². The van der Waals surface area contributed by atoms with E-state index in [1.807, 2.05) is 40.7 Å². The molecule has 1 unspecified atom stereocenters. The zero-order chi connectivity index (χ0) is 21.4. The van der Waals surface area contributed by atoms with Crippen molar-refractivity contribution < 1.29 is 14.3 Å². The summed E-state index contributed by atoms with van der Waals surface area (Å²) >= 11 is 1.38. The Morgan fingerprint density at radius 1 is 1.23 bits per heavy atom. The molecule has 1 aliphatic heterocycles. The lowest BCUT2D eigenvalue weighted by Gasteiger charge is -2.37. The van der Waals surface area contributed by atoms with Crippen molar-refractivity contribution in [3.8, 4) is 11.5 Å². The molecule has 7 heteroatoms. The molecule has 158 valence electrons. The summed E-state index contributed by atoms with van der Waals surface area (Å²) in [5.74, 6) is 1.36. The SMILES string of the molecule is COc1cc2c(cc1OC)C(Cc1c[nH]c3ccccc13)N(C(=O)c1nccs1)CC2. The summed E-state index contributed by atoms with van der Waals surface area (Å²) in [6.07, 6.45) is 5.19. The zero-order valence-electron chi connectivity index (χ0n) is 17.4. The minimum atomic E-state index is -0.126. The van der Waals surface area contributed by atoms with E-state index in [2.05, 4.69) is 22.1 Å². The fraction of sp³-hybridized carbons (Fsp3) is 0.250. The van der Waals surface area contributed by atoms with Gasteiger partial charge in [-0.1, -0.05) is 18.2 Å². The number of carbonyl (C=O) groups is 1. The highest BCUT2D eigenvalue weighted by molar-refractivity contribution is 7.11. The molecule has 2 aromatic heterocycles. The normalized spacial score (nSPS) is 15.7. The van der Waals surface area contributed by atoms with E-state index in [1.54, 1.807) is 20.4 Å². The van der Waals surface area contributed by atoms with Crippen molar-refractivity contribution in [2.24, 2.45) is 0 Å². The van der Waals surface area contributed by atoms with Gasteiger partial charge in [0.15, 0.2) is 16.5 Å². The van der Waals surface area contributed by atoms with Gasteiger partial charge in [-0.15, -0.1) is 11.3 Å². The van der Waals surface area contributed by atoms with Crippen LogP contribution >= 0.6 is 11.3 Å². The van der Waals surface area contributed by atoms with E-state index in [1.165, 1.54) is 27.8 Å². The number of amides is 1. The molecule has 4 aromatic rings. The molecule has 5 rings (SSSR count). The van der Waals surface area contributed by atoms with Gasteiger partial charge in [0.25, 0.3) is 5.91 Å². The quantitative estimate of drug-likeness (QED) is 0.499. The number of hydrogen-bond acceptors (Lipinski definition) is 5. The number of thiazole rings is 1.